The number of aromatic carboxylic acids is 1. The molecule has 1 fully saturated rings. The van der Waals surface area contributed by atoms with Gasteiger partial charge in [-0.3, -0.25) is 4.79 Å². The Morgan fingerprint density at radius 2 is 2.17 bits per heavy atom. The lowest BCUT2D eigenvalue weighted by atomic mass is 10.1. The van der Waals surface area contributed by atoms with Crippen LogP contribution in [-0.4, -0.2) is 30.6 Å². The Morgan fingerprint density at radius 3 is 2.78 bits per heavy atom. The summed E-state index contributed by atoms with van der Waals surface area (Å²) < 4.78 is 5.19. The van der Waals surface area contributed by atoms with Crippen LogP contribution in [0.3, 0.4) is 0 Å². The molecule has 2 rings (SSSR count). The molecule has 0 bridgehead atoms. The fourth-order valence-electron chi connectivity index (χ4n) is 2.09. The number of piperidine rings is 1. The quantitative estimate of drug-likeness (QED) is 0.888. The van der Waals surface area contributed by atoms with E-state index >= 15 is 0 Å². The standard InChI is InChI=1S/C13H15NO4/c1-18-11-6-5-9(13(16)17)8-10(11)14-7-3-2-4-12(14)15/h5-6,8H,2-4,7H2,1H3,(H,16,17). The zero-order valence-corrected chi connectivity index (χ0v) is 10.2. The van der Waals surface area contributed by atoms with Crippen LogP contribution < -0.4 is 9.64 Å². The average molecular weight is 249 g/mol. The van der Waals surface area contributed by atoms with E-state index in [0.717, 1.165) is 12.8 Å². The van der Waals surface area contributed by atoms with E-state index in [4.69, 9.17) is 9.84 Å². The Hall–Kier alpha value is -2.04. The molecule has 1 amide bonds. The number of benzene rings is 1. The van der Waals surface area contributed by atoms with Crippen molar-refractivity contribution >= 4 is 17.6 Å². The first-order valence-electron chi connectivity index (χ1n) is 5.85. The van der Waals surface area contributed by atoms with Gasteiger partial charge < -0.3 is 14.7 Å². The van der Waals surface area contributed by atoms with Gasteiger partial charge in [0.1, 0.15) is 5.75 Å². The Labute approximate surface area is 105 Å². The number of amides is 1. The molecule has 1 heterocycles. The molecule has 0 radical (unpaired) electrons. The number of hydrogen-bond acceptors (Lipinski definition) is 3. The minimum atomic E-state index is -1.01. The largest absolute Gasteiger partial charge is 0.495 e. The highest BCUT2D eigenvalue weighted by Gasteiger charge is 2.23. The van der Waals surface area contributed by atoms with Gasteiger partial charge in [-0.05, 0) is 31.0 Å². The van der Waals surface area contributed by atoms with Crippen LogP contribution in [0.1, 0.15) is 29.6 Å². The zero-order chi connectivity index (χ0) is 13.1. The van der Waals surface area contributed by atoms with Crippen molar-refractivity contribution in [2.75, 3.05) is 18.6 Å². The third-order valence-electron chi connectivity index (χ3n) is 3.04. The normalized spacial score (nSPS) is 15.6. The van der Waals surface area contributed by atoms with Crippen molar-refractivity contribution in [2.45, 2.75) is 19.3 Å². The van der Waals surface area contributed by atoms with Crippen LogP contribution in [0, 0.1) is 0 Å². The highest BCUT2D eigenvalue weighted by atomic mass is 16.5. The molecule has 0 unspecified atom stereocenters. The summed E-state index contributed by atoms with van der Waals surface area (Å²) in [5, 5.41) is 8.99. The van der Waals surface area contributed by atoms with Gasteiger partial charge in [-0.15, -0.1) is 0 Å². The molecule has 1 aliphatic heterocycles. The molecule has 1 aliphatic rings. The average Bonchev–Trinajstić information content (AvgIpc) is 2.38. The minimum absolute atomic E-state index is 0.0158. The predicted molar refractivity (Wildman–Crippen MR) is 66.2 cm³/mol. The number of nitrogens with zero attached hydrogens (tertiary/aromatic N) is 1. The number of carbonyl (C=O) groups excluding carboxylic acids is 1. The third-order valence-corrected chi connectivity index (χ3v) is 3.04. The highest BCUT2D eigenvalue weighted by Crippen LogP contribution is 2.31. The number of rotatable bonds is 3. The Balaban J connectivity index is 2.42. The second kappa shape index (κ2) is 5.08. The SMILES string of the molecule is COc1ccc(C(=O)O)cc1N1CCCCC1=O. The van der Waals surface area contributed by atoms with Crippen molar-refractivity contribution in [1.29, 1.82) is 0 Å². The van der Waals surface area contributed by atoms with Gasteiger partial charge >= 0.3 is 5.97 Å². The van der Waals surface area contributed by atoms with Gasteiger partial charge in [-0.1, -0.05) is 0 Å². The van der Waals surface area contributed by atoms with Gasteiger partial charge in [0, 0.05) is 13.0 Å². The van der Waals surface area contributed by atoms with Crippen LogP contribution in [0.2, 0.25) is 0 Å². The van der Waals surface area contributed by atoms with Gasteiger partial charge in [-0.2, -0.15) is 0 Å². The molecule has 1 aromatic rings. The van der Waals surface area contributed by atoms with E-state index in [1.807, 2.05) is 0 Å². The van der Waals surface area contributed by atoms with E-state index in [1.165, 1.54) is 19.2 Å². The predicted octanol–water partition coefficient (Wildman–Crippen LogP) is 1.91. The summed E-state index contributed by atoms with van der Waals surface area (Å²) in [5.74, 6) is -0.472. The van der Waals surface area contributed by atoms with Crippen LogP contribution >= 0.6 is 0 Å². The van der Waals surface area contributed by atoms with Crippen molar-refractivity contribution in [3.8, 4) is 5.75 Å². The van der Waals surface area contributed by atoms with Crippen LogP contribution in [0.25, 0.3) is 0 Å². The van der Waals surface area contributed by atoms with E-state index < -0.39 is 5.97 Å². The van der Waals surface area contributed by atoms with Crippen LogP contribution in [-0.2, 0) is 4.79 Å². The molecule has 1 N–H and O–H groups in total. The number of carbonyl (C=O) groups is 2. The molecule has 0 atom stereocenters. The molecular formula is C13H15NO4. The first-order chi connectivity index (χ1) is 8.63. The fraction of sp³-hybridized carbons (Fsp3) is 0.385. The molecule has 1 saturated heterocycles. The van der Waals surface area contributed by atoms with Crippen molar-refractivity contribution < 1.29 is 19.4 Å². The van der Waals surface area contributed by atoms with Crippen LogP contribution in [0.15, 0.2) is 18.2 Å². The lowest BCUT2D eigenvalue weighted by Gasteiger charge is -2.28. The van der Waals surface area contributed by atoms with Gasteiger partial charge in [0.2, 0.25) is 5.91 Å². The molecule has 0 spiro atoms. The van der Waals surface area contributed by atoms with Crippen molar-refractivity contribution in [2.24, 2.45) is 0 Å². The van der Waals surface area contributed by atoms with Gasteiger partial charge in [0.05, 0.1) is 18.4 Å². The maximum atomic E-state index is 11.9. The van der Waals surface area contributed by atoms with Crippen molar-refractivity contribution in [3.63, 3.8) is 0 Å². The summed E-state index contributed by atoms with van der Waals surface area (Å²) in [5.41, 5.74) is 0.700. The van der Waals surface area contributed by atoms with E-state index in [1.54, 1.807) is 11.0 Å². The molecule has 1 aromatic carbocycles. The summed E-state index contributed by atoms with van der Waals surface area (Å²) in [7, 11) is 1.51. The first kappa shape index (κ1) is 12.4. The highest BCUT2D eigenvalue weighted by molar-refractivity contribution is 5.97. The molecule has 0 saturated carbocycles. The van der Waals surface area contributed by atoms with E-state index in [0.29, 0.717) is 24.4 Å². The number of carboxylic acids is 1. The van der Waals surface area contributed by atoms with Crippen LogP contribution in [0.5, 0.6) is 5.75 Å². The molecular weight excluding hydrogens is 234 g/mol. The Bertz CT molecular complexity index is 484. The number of ether oxygens (including phenoxy) is 1. The summed E-state index contributed by atoms with van der Waals surface area (Å²) in [4.78, 5) is 24.4. The lowest BCUT2D eigenvalue weighted by molar-refractivity contribution is -0.119. The van der Waals surface area contributed by atoms with Crippen molar-refractivity contribution in [3.05, 3.63) is 23.8 Å². The van der Waals surface area contributed by atoms with Gasteiger partial charge in [0.25, 0.3) is 0 Å². The second-order valence-electron chi connectivity index (χ2n) is 4.19. The fourth-order valence-corrected chi connectivity index (χ4v) is 2.09. The molecule has 0 aromatic heterocycles. The summed E-state index contributed by atoms with van der Waals surface area (Å²) in [6.45, 7) is 0.609. The monoisotopic (exact) mass is 249 g/mol. The van der Waals surface area contributed by atoms with Gasteiger partial charge in [-0.25, -0.2) is 4.79 Å². The molecule has 5 nitrogen and oxygen atoms in total. The Morgan fingerprint density at radius 1 is 1.39 bits per heavy atom. The number of methoxy groups -OCH3 is 1. The lowest BCUT2D eigenvalue weighted by Crippen LogP contribution is -2.35. The zero-order valence-electron chi connectivity index (χ0n) is 10.2. The summed E-state index contributed by atoms with van der Waals surface area (Å²) in [6.07, 6.45) is 2.31. The maximum absolute atomic E-state index is 11.9. The van der Waals surface area contributed by atoms with Crippen LogP contribution in [0.4, 0.5) is 5.69 Å². The third kappa shape index (κ3) is 2.30. The van der Waals surface area contributed by atoms with Gasteiger partial charge in [0.15, 0.2) is 0 Å². The number of carboxylic acid groups (broad SMARTS) is 1. The number of anilines is 1. The summed E-state index contributed by atoms with van der Waals surface area (Å²) >= 11 is 0. The topological polar surface area (TPSA) is 66.8 Å². The second-order valence-corrected chi connectivity index (χ2v) is 4.19. The summed E-state index contributed by atoms with van der Waals surface area (Å²) in [6, 6.07) is 4.55. The number of hydrogen-bond donors (Lipinski definition) is 1. The first-order valence-corrected chi connectivity index (χ1v) is 5.85. The van der Waals surface area contributed by atoms with E-state index in [9.17, 15) is 9.59 Å². The molecule has 0 aliphatic carbocycles. The molecule has 18 heavy (non-hydrogen) atoms. The Kier molecular flexibility index (Phi) is 3.50. The van der Waals surface area contributed by atoms with E-state index in [-0.39, 0.29) is 11.5 Å². The minimum Gasteiger partial charge on any atom is -0.495 e. The molecule has 5 heteroatoms. The smallest absolute Gasteiger partial charge is 0.335 e. The molecule has 96 valence electrons. The van der Waals surface area contributed by atoms with E-state index in [2.05, 4.69) is 0 Å². The van der Waals surface area contributed by atoms with Crippen molar-refractivity contribution in [1.82, 2.24) is 0 Å². The maximum Gasteiger partial charge on any atom is 0.335 e.